The minimum atomic E-state index is -3.12. The molecule has 6 nitrogen and oxygen atoms in total. The van der Waals surface area contributed by atoms with Gasteiger partial charge in [0.15, 0.2) is 9.84 Å². The Balaban J connectivity index is 2.68. The van der Waals surface area contributed by atoms with Crippen LogP contribution in [0, 0.1) is 10.1 Å². The molecule has 106 valence electrons. The summed E-state index contributed by atoms with van der Waals surface area (Å²) >= 11 is 3.19. The van der Waals surface area contributed by atoms with Gasteiger partial charge in [-0.05, 0) is 28.4 Å². The van der Waals surface area contributed by atoms with Gasteiger partial charge < -0.3 is 4.74 Å². The summed E-state index contributed by atoms with van der Waals surface area (Å²) in [5.41, 5.74) is -0.102. The summed E-state index contributed by atoms with van der Waals surface area (Å²) in [6, 6.07) is 4.09. The maximum Gasteiger partial charge on any atom is 0.273 e. The van der Waals surface area contributed by atoms with Crippen LogP contribution in [0.3, 0.4) is 0 Å². The number of non-ortho nitro benzene ring substituents is 1. The van der Waals surface area contributed by atoms with E-state index in [1.54, 1.807) is 6.92 Å². The molecule has 1 rings (SSSR count). The third-order valence-corrected chi connectivity index (χ3v) is 4.77. The van der Waals surface area contributed by atoms with Crippen LogP contribution in [0.25, 0.3) is 0 Å². The number of nitro groups is 1. The molecule has 0 radical (unpaired) electrons. The first-order valence-corrected chi connectivity index (χ1v) is 8.24. The van der Waals surface area contributed by atoms with Crippen LogP contribution in [0.15, 0.2) is 22.7 Å². The zero-order chi connectivity index (χ0) is 14.5. The Bertz CT molecular complexity index is 558. The van der Waals surface area contributed by atoms with Crippen molar-refractivity contribution in [2.75, 3.05) is 18.1 Å². The molecule has 0 aliphatic carbocycles. The Labute approximate surface area is 120 Å². The number of rotatable bonds is 7. The van der Waals surface area contributed by atoms with Gasteiger partial charge in [0.25, 0.3) is 5.69 Å². The quantitative estimate of drug-likeness (QED) is 0.556. The molecule has 19 heavy (non-hydrogen) atoms. The predicted molar refractivity (Wildman–Crippen MR) is 75.2 cm³/mol. The number of benzene rings is 1. The molecule has 0 spiro atoms. The van der Waals surface area contributed by atoms with Crippen LogP contribution in [-0.4, -0.2) is 31.5 Å². The van der Waals surface area contributed by atoms with Crippen molar-refractivity contribution in [3.63, 3.8) is 0 Å². The average molecular weight is 352 g/mol. The maximum atomic E-state index is 11.5. The van der Waals surface area contributed by atoms with Gasteiger partial charge in [0, 0.05) is 6.07 Å². The van der Waals surface area contributed by atoms with E-state index in [0.717, 1.165) is 0 Å². The molecule has 1 aromatic rings. The molecule has 0 unspecified atom stereocenters. The van der Waals surface area contributed by atoms with E-state index < -0.39 is 14.8 Å². The summed E-state index contributed by atoms with van der Waals surface area (Å²) in [6.45, 7) is 1.76. The lowest BCUT2D eigenvalue weighted by Crippen LogP contribution is -2.16. The van der Waals surface area contributed by atoms with Crippen LogP contribution in [0.1, 0.15) is 13.3 Å². The highest BCUT2D eigenvalue weighted by molar-refractivity contribution is 9.10. The van der Waals surface area contributed by atoms with Crippen LogP contribution in [0.2, 0.25) is 0 Å². The molecule has 0 fully saturated rings. The van der Waals surface area contributed by atoms with E-state index in [1.165, 1.54) is 18.2 Å². The molecule has 0 aliphatic heterocycles. The molecule has 0 atom stereocenters. The second kappa shape index (κ2) is 6.85. The van der Waals surface area contributed by atoms with E-state index in [-0.39, 0.29) is 29.5 Å². The summed E-state index contributed by atoms with van der Waals surface area (Å²) in [5.74, 6) is 0.281. The molecule has 0 N–H and O–H groups in total. The fraction of sp³-hybridized carbons (Fsp3) is 0.455. The number of nitrogens with zero attached hydrogens (tertiary/aromatic N) is 1. The van der Waals surface area contributed by atoms with Gasteiger partial charge in [-0.3, -0.25) is 10.1 Å². The van der Waals surface area contributed by atoms with Gasteiger partial charge >= 0.3 is 0 Å². The lowest BCUT2D eigenvalue weighted by molar-refractivity contribution is -0.384. The van der Waals surface area contributed by atoms with Gasteiger partial charge in [-0.15, -0.1) is 0 Å². The highest BCUT2D eigenvalue weighted by Crippen LogP contribution is 2.29. The molecule has 0 bridgehead atoms. The van der Waals surface area contributed by atoms with Crippen molar-refractivity contribution in [2.45, 2.75) is 13.3 Å². The van der Waals surface area contributed by atoms with E-state index >= 15 is 0 Å². The van der Waals surface area contributed by atoms with E-state index in [1.807, 2.05) is 0 Å². The summed E-state index contributed by atoms with van der Waals surface area (Å²) in [5, 5.41) is 10.6. The van der Waals surface area contributed by atoms with Crippen molar-refractivity contribution in [1.82, 2.24) is 0 Å². The van der Waals surface area contributed by atoms with E-state index in [2.05, 4.69) is 15.9 Å². The first-order valence-electron chi connectivity index (χ1n) is 5.63. The Morgan fingerprint density at radius 3 is 2.63 bits per heavy atom. The van der Waals surface area contributed by atoms with Gasteiger partial charge in [0.1, 0.15) is 12.4 Å². The molecule has 0 saturated heterocycles. The molecule has 0 aromatic heterocycles. The summed E-state index contributed by atoms with van der Waals surface area (Å²) in [6.07, 6.45) is 0.558. The summed E-state index contributed by atoms with van der Waals surface area (Å²) in [7, 11) is -3.12. The number of ether oxygens (including phenoxy) is 1. The van der Waals surface area contributed by atoms with Crippen LogP contribution in [-0.2, 0) is 9.84 Å². The number of hydrogen-bond acceptors (Lipinski definition) is 5. The monoisotopic (exact) mass is 351 g/mol. The smallest absolute Gasteiger partial charge is 0.273 e. The van der Waals surface area contributed by atoms with Gasteiger partial charge in [0.05, 0.1) is 27.0 Å². The fourth-order valence-electron chi connectivity index (χ4n) is 1.41. The van der Waals surface area contributed by atoms with E-state index in [9.17, 15) is 18.5 Å². The SMILES string of the molecule is CCCS(=O)(=O)CCOc1cc([N+](=O)[O-])ccc1Br. The van der Waals surface area contributed by atoms with E-state index in [4.69, 9.17) is 4.74 Å². The van der Waals surface area contributed by atoms with Crippen molar-refractivity contribution in [1.29, 1.82) is 0 Å². The van der Waals surface area contributed by atoms with Gasteiger partial charge in [-0.2, -0.15) is 0 Å². The van der Waals surface area contributed by atoms with Crippen LogP contribution >= 0.6 is 15.9 Å². The Hall–Kier alpha value is -1.15. The van der Waals surface area contributed by atoms with E-state index in [0.29, 0.717) is 10.9 Å². The normalized spacial score (nSPS) is 11.3. The standard InChI is InChI=1S/C11H14BrNO5S/c1-2-6-19(16,17)7-5-18-11-8-9(13(14)15)3-4-10(11)12/h3-4,8H,2,5-7H2,1H3. The fourth-order valence-corrected chi connectivity index (χ4v) is 2.93. The minimum absolute atomic E-state index is 0.0257. The Kier molecular flexibility index (Phi) is 5.74. The van der Waals surface area contributed by atoms with Crippen molar-refractivity contribution >= 4 is 31.5 Å². The number of hydrogen-bond donors (Lipinski definition) is 0. The minimum Gasteiger partial charge on any atom is -0.491 e. The van der Waals surface area contributed by atoms with Crippen molar-refractivity contribution in [3.8, 4) is 5.75 Å². The number of sulfone groups is 1. The second-order valence-corrected chi connectivity index (χ2v) is 7.03. The van der Waals surface area contributed by atoms with Crippen molar-refractivity contribution < 1.29 is 18.1 Å². The molecule has 0 heterocycles. The summed E-state index contributed by atoms with van der Waals surface area (Å²) in [4.78, 5) is 10.1. The third-order valence-electron chi connectivity index (χ3n) is 2.29. The molecular weight excluding hydrogens is 338 g/mol. The van der Waals surface area contributed by atoms with Crippen molar-refractivity contribution in [3.05, 3.63) is 32.8 Å². The first kappa shape index (κ1) is 15.9. The topological polar surface area (TPSA) is 86.5 Å². The zero-order valence-corrected chi connectivity index (χ0v) is 12.7. The van der Waals surface area contributed by atoms with Crippen LogP contribution in [0.5, 0.6) is 5.75 Å². The average Bonchev–Trinajstić information content (AvgIpc) is 2.30. The van der Waals surface area contributed by atoms with Crippen LogP contribution in [0.4, 0.5) is 5.69 Å². The maximum absolute atomic E-state index is 11.5. The summed E-state index contributed by atoms with van der Waals surface area (Å²) < 4.78 is 28.8. The Morgan fingerprint density at radius 2 is 2.05 bits per heavy atom. The zero-order valence-electron chi connectivity index (χ0n) is 10.3. The molecular formula is C11H14BrNO5S. The Morgan fingerprint density at radius 1 is 1.37 bits per heavy atom. The highest BCUT2D eigenvalue weighted by atomic mass is 79.9. The number of halogens is 1. The highest BCUT2D eigenvalue weighted by Gasteiger charge is 2.13. The predicted octanol–water partition coefficient (Wildman–Crippen LogP) is 2.56. The first-order chi connectivity index (χ1) is 8.85. The lowest BCUT2D eigenvalue weighted by atomic mass is 10.3. The molecule has 0 amide bonds. The third kappa shape index (κ3) is 5.15. The molecule has 8 heteroatoms. The molecule has 0 saturated carbocycles. The van der Waals surface area contributed by atoms with Gasteiger partial charge in [-0.25, -0.2) is 8.42 Å². The lowest BCUT2D eigenvalue weighted by Gasteiger charge is -2.08. The molecule has 0 aliphatic rings. The second-order valence-electron chi connectivity index (χ2n) is 3.87. The molecule has 1 aromatic carbocycles. The van der Waals surface area contributed by atoms with Crippen molar-refractivity contribution in [2.24, 2.45) is 0 Å². The number of nitro benzene ring substituents is 1. The van der Waals surface area contributed by atoms with Gasteiger partial charge in [-0.1, -0.05) is 6.92 Å². The largest absolute Gasteiger partial charge is 0.491 e. The van der Waals surface area contributed by atoms with Gasteiger partial charge in [0.2, 0.25) is 0 Å². The van der Waals surface area contributed by atoms with Crippen LogP contribution < -0.4 is 4.74 Å².